The Morgan fingerprint density at radius 1 is 1.13 bits per heavy atom. The highest BCUT2D eigenvalue weighted by molar-refractivity contribution is 6.00. The van der Waals surface area contributed by atoms with Gasteiger partial charge in [0, 0.05) is 36.9 Å². The third-order valence-corrected chi connectivity index (χ3v) is 5.27. The van der Waals surface area contributed by atoms with Crippen LogP contribution in [-0.2, 0) is 17.8 Å². The van der Waals surface area contributed by atoms with Crippen molar-refractivity contribution in [3.05, 3.63) is 71.2 Å². The highest BCUT2D eigenvalue weighted by Crippen LogP contribution is 2.31. The molecule has 1 aliphatic heterocycles. The molecular formula is C23H21FN2O4. The van der Waals surface area contributed by atoms with Crippen molar-refractivity contribution in [3.63, 3.8) is 0 Å². The highest BCUT2D eigenvalue weighted by atomic mass is 19.1. The zero-order valence-corrected chi connectivity index (χ0v) is 16.6. The van der Waals surface area contributed by atoms with Gasteiger partial charge in [0.15, 0.2) is 11.5 Å². The molecular weight excluding hydrogens is 387 g/mol. The number of aromatic nitrogens is 1. The van der Waals surface area contributed by atoms with E-state index in [1.807, 2.05) is 0 Å². The summed E-state index contributed by atoms with van der Waals surface area (Å²) in [6.07, 6.45) is 0.798. The number of hydrogen-bond acceptors (Lipinski definition) is 5. The maximum atomic E-state index is 13.2. The van der Waals surface area contributed by atoms with Gasteiger partial charge in [-0.3, -0.25) is 9.59 Å². The summed E-state index contributed by atoms with van der Waals surface area (Å²) in [5, 5.41) is 4.11. The molecule has 0 spiro atoms. The fourth-order valence-corrected chi connectivity index (χ4v) is 3.64. The van der Waals surface area contributed by atoms with Gasteiger partial charge in [-0.1, -0.05) is 17.3 Å². The van der Waals surface area contributed by atoms with Crippen LogP contribution in [0.15, 0.2) is 53.1 Å². The lowest BCUT2D eigenvalue weighted by atomic mass is 10.0. The highest BCUT2D eigenvalue weighted by Gasteiger charge is 2.27. The Balaban J connectivity index is 1.43. The Kier molecular flexibility index (Phi) is 5.61. The number of carbonyl (C=O) groups is 2. The predicted molar refractivity (Wildman–Crippen MR) is 108 cm³/mol. The molecule has 3 aromatic rings. The van der Waals surface area contributed by atoms with Gasteiger partial charge in [-0.05, 0) is 36.4 Å². The minimum atomic E-state index is -0.330. The van der Waals surface area contributed by atoms with Crippen LogP contribution in [0.2, 0.25) is 0 Å². The Labute approximate surface area is 173 Å². The second kappa shape index (κ2) is 8.49. The summed E-state index contributed by atoms with van der Waals surface area (Å²) in [6, 6.07) is 13.0. The Bertz CT molecular complexity index is 1080. The van der Waals surface area contributed by atoms with Crippen molar-refractivity contribution in [1.29, 1.82) is 0 Å². The van der Waals surface area contributed by atoms with E-state index >= 15 is 0 Å². The molecule has 0 fully saturated rings. The van der Waals surface area contributed by atoms with E-state index in [1.54, 1.807) is 41.3 Å². The number of methoxy groups -OCH3 is 1. The number of para-hydroxylation sites is 1. The van der Waals surface area contributed by atoms with Crippen molar-refractivity contribution in [1.82, 2.24) is 10.1 Å². The summed E-state index contributed by atoms with van der Waals surface area (Å²) in [4.78, 5) is 27.0. The SMILES string of the molecule is COc1ccccc1C(=O)CCC(=O)N1CCc2noc(-c3ccc(F)cc3)c2C1. The topological polar surface area (TPSA) is 72.6 Å². The van der Waals surface area contributed by atoms with Crippen LogP contribution >= 0.6 is 0 Å². The molecule has 6 nitrogen and oxygen atoms in total. The molecule has 0 unspecified atom stereocenters. The van der Waals surface area contributed by atoms with Gasteiger partial charge in [0.2, 0.25) is 5.91 Å². The number of fused-ring (bicyclic) bond motifs is 1. The molecule has 0 saturated carbocycles. The minimum Gasteiger partial charge on any atom is -0.496 e. The largest absolute Gasteiger partial charge is 0.496 e. The van der Waals surface area contributed by atoms with Gasteiger partial charge in [-0.15, -0.1) is 0 Å². The number of amides is 1. The summed E-state index contributed by atoms with van der Waals surface area (Å²) >= 11 is 0. The van der Waals surface area contributed by atoms with E-state index < -0.39 is 0 Å². The molecule has 30 heavy (non-hydrogen) atoms. The first kappa shape index (κ1) is 19.8. The van der Waals surface area contributed by atoms with Crippen LogP contribution in [0.3, 0.4) is 0 Å². The van der Waals surface area contributed by atoms with Crippen molar-refractivity contribution >= 4 is 11.7 Å². The van der Waals surface area contributed by atoms with Gasteiger partial charge < -0.3 is 14.2 Å². The molecule has 154 valence electrons. The number of ketones is 1. The number of hydrogen-bond donors (Lipinski definition) is 0. The molecule has 0 atom stereocenters. The van der Waals surface area contributed by atoms with Crippen LogP contribution in [0.25, 0.3) is 11.3 Å². The third-order valence-electron chi connectivity index (χ3n) is 5.27. The summed E-state index contributed by atoms with van der Waals surface area (Å²) in [5.41, 5.74) is 2.83. The number of carbonyl (C=O) groups excluding carboxylic acids is 2. The normalized spacial score (nSPS) is 13.1. The van der Waals surface area contributed by atoms with Gasteiger partial charge in [0.1, 0.15) is 11.6 Å². The fraction of sp³-hybridized carbons (Fsp3) is 0.261. The lowest BCUT2D eigenvalue weighted by Gasteiger charge is -2.26. The Morgan fingerprint density at radius 2 is 1.90 bits per heavy atom. The summed E-state index contributed by atoms with van der Waals surface area (Å²) < 4.78 is 23.9. The maximum Gasteiger partial charge on any atom is 0.223 e. The molecule has 1 aromatic heterocycles. The van der Waals surface area contributed by atoms with E-state index in [0.717, 1.165) is 11.3 Å². The smallest absolute Gasteiger partial charge is 0.223 e. The van der Waals surface area contributed by atoms with Crippen molar-refractivity contribution < 1.29 is 23.2 Å². The number of nitrogens with zero attached hydrogens (tertiary/aromatic N) is 2. The lowest BCUT2D eigenvalue weighted by molar-refractivity contribution is -0.132. The molecule has 7 heteroatoms. The Morgan fingerprint density at radius 3 is 2.67 bits per heavy atom. The molecule has 1 amide bonds. The standard InChI is InChI=1S/C23H21FN2O4/c1-29-21-5-3-2-4-17(21)20(27)10-11-22(28)26-13-12-19-18(14-26)23(30-25-19)15-6-8-16(24)9-7-15/h2-9H,10-14H2,1H3. The zero-order chi connectivity index (χ0) is 21.1. The van der Waals surface area contributed by atoms with E-state index in [0.29, 0.717) is 42.1 Å². The second-order valence-electron chi connectivity index (χ2n) is 7.13. The number of Topliss-reactive ketones (excluding diaryl/α,β-unsaturated/α-hetero) is 1. The number of benzene rings is 2. The van der Waals surface area contributed by atoms with Gasteiger partial charge in [-0.2, -0.15) is 0 Å². The summed E-state index contributed by atoms with van der Waals surface area (Å²) in [6.45, 7) is 0.872. The van der Waals surface area contributed by atoms with E-state index in [2.05, 4.69) is 5.16 Å². The monoisotopic (exact) mass is 408 g/mol. The molecule has 0 bridgehead atoms. The first-order valence-electron chi connectivity index (χ1n) is 9.74. The molecule has 0 N–H and O–H groups in total. The lowest BCUT2D eigenvalue weighted by Crippen LogP contribution is -2.36. The Hall–Kier alpha value is -3.48. The summed E-state index contributed by atoms with van der Waals surface area (Å²) in [7, 11) is 1.51. The third kappa shape index (κ3) is 3.96. The van der Waals surface area contributed by atoms with Crippen LogP contribution in [0.4, 0.5) is 4.39 Å². The van der Waals surface area contributed by atoms with Gasteiger partial charge in [0.05, 0.1) is 24.9 Å². The molecule has 1 aliphatic rings. The van der Waals surface area contributed by atoms with Gasteiger partial charge in [0.25, 0.3) is 0 Å². The molecule has 2 heterocycles. The number of halogens is 1. The first-order chi connectivity index (χ1) is 14.6. The van der Waals surface area contributed by atoms with Crippen molar-refractivity contribution in [2.45, 2.75) is 25.8 Å². The zero-order valence-electron chi connectivity index (χ0n) is 16.6. The molecule has 0 radical (unpaired) electrons. The quantitative estimate of drug-likeness (QED) is 0.576. The number of rotatable bonds is 6. The maximum absolute atomic E-state index is 13.2. The van der Waals surface area contributed by atoms with Crippen LogP contribution in [0.5, 0.6) is 5.75 Å². The van der Waals surface area contributed by atoms with Crippen LogP contribution in [0, 0.1) is 5.82 Å². The van der Waals surface area contributed by atoms with Crippen molar-refractivity contribution in [2.24, 2.45) is 0 Å². The fourth-order valence-electron chi connectivity index (χ4n) is 3.64. The van der Waals surface area contributed by atoms with Crippen molar-refractivity contribution in [3.8, 4) is 17.1 Å². The first-order valence-corrected chi connectivity index (χ1v) is 9.74. The van der Waals surface area contributed by atoms with E-state index in [-0.39, 0.29) is 30.3 Å². The second-order valence-corrected chi connectivity index (χ2v) is 7.13. The van der Waals surface area contributed by atoms with Gasteiger partial charge in [-0.25, -0.2) is 4.39 Å². The average Bonchev–Trinajstić information content (AvgIpc) is 3.21. The molecule has 4 rings (SSSR count). The van der Waals surface area contributed by atoms with E-state index in [4.69, 9.17) is 9.26 Å². The minimum absolute atomic E-state index is 0.102. The molecule has 2 aromatic carbocycles. The van der Waals surface area contributed by atoms with E-state index in [1.165, 1.54) is 19.2 Å². The van der Waals surface area contributed by atoms with Crippen LogP contribution in [0.1, 0.15) is 34.5 Å². The van der Waals surface area contributed by atoms with E-state index in [9.17, 15) is 14.0 Å². The van der Waals surface area contributed by atoms with Crippen molar-refractivity contribution in [2.75, 3.05) is 13.7 Å². The molecule has 0 saturated heterocycles. The predicted octanol–water partition coefficient (Wildman–Crippen LogP) is 4.04. The van der Waals surface area contributed by atoms with Gasteiger partial charge >= 0.3 is 0 Å². The van der Waals surface area contributed by atoms with Crippen LogP contribution < -0.4 is 4.74 Å². The molecule has 0 aliphatic carbocycles. The van der Waals surface area contributed by atoms with Crippen LogP contribution in [-0.4, -0.2) is 35.4 Å². The number of ether oxygens (including phenoxy) is 1. The average molecular weight is 408 g/mol. The summed E-state index contributed by atoms with van der Waals surface area (Å²) in [5.74, 6) is 0.493.